The molecule has 1 heterocycles. The molecule has 0 N–H and O–H groups in total. The Bertz CT molecular complexity index is 318. The molecule has 0 aliphatic rings. The smallest absolute Gasteiger partial charge is 0.254 e. The van der Waals surface area contributed by atoms with E-state index in [0.717, 1.165) is 7.11 Å². The van der Waals surface area contributed by atoms with Crippen LogP contribution in [0, 0.1) is 21.2 Å². The topological polar surface area (TPSA) is 22.1 Å². The monoisotopic (exact) mass is 289 g/mol. The van der Waals surface area contributed by atoms with Crippen molar-refractivity contribution < 1.29 is 17.9 Å². The average Bonchev–Trinajstić information content (AvgIpc) is 2.08. The maximum Gasteiger partial charge on any atom is 0.254 e. The summed E-state index contributed by atoms with van der Waals surface area (Å²) >= 11 is 1.33. The van der Waals surface area contributed by atoms with Crippen LogP contribution in [0.4, 0.5) is 13.2 Å². The Hall–Kier alpha value is -0.530. The third-order valence-corrected chi connectivity index (χ3v) is 2.09. The number of nitrogens with zero attached hydrogens (tertiary/aromatic N) is 1. The minimum atomic E-state index is -1.36. The van der Waals surface area contributed by atoms with Crippen LogP contribution < -0.4 is 4.74 Å². The molecule has 0 saturated heterocycles. The normalized spacial score (nSPS) is 10.1. The summed E-state index contributed by atoms with van der Waals surface area (Å²) in [6, 6.07) is 0. The van der Waals surface area contributed by atoms with E-state index >= 15 is 0 Å². The van der Waals surface area contributed by atoms with Gasteiger partial charge in [0, 0.05) is 0 Å². The maximum absolute atomic E-state index is 12.8. The quantitative estimate of drug-likeness (QED) is 0.583. The Kier molecular flexibility index (Phi) is 2.76. The van der Waals surface area contributed by atoms with Gasteiger partial charge >= 0.3 is 0 Å². The molecule has 0 fully saturated rings. The van der Waals surface area contributed by atoms with Gasteiger partial charge in [0.15, 0.2) is 5.82 Å². The summed E-state index contributed by atoms with van der Waals surface area (Å²) in [7, 11) is 1.12. The van der Waals surface area contributed by atoms with E-state index < -0.39 is 27.0 Å². The molecule has 12 heavy (non-hydrogen) atoms. The molecule has 1 aromatic heterocycles. The van der Waals surface area contributed by atoms with Crippen LogP contribution in [-0.4, -0.2) is 12.1 Å². The number of ether oxygens (including phenoxy) is 1. The molecule has 0 aliphatic heterocycles. The molecular weight excluding hydrogens is 286 g/mol. The van der Waals surface area contributed by atoms with Crippen LogP contribution in [0.1, 0.15) is 0 Å². The van der Waals surface area contributed by atoms with E-state index in [0.29, 0.717) is 0 Å². The molecule has 0 saturated carbocycles. The zero-order valence-electron chi connectivity index (χ0n) is 5.87. The van der Waals surface area contributed by atoms with Crippen LogP contribution in [-0.2, 0) is 0 Å². The van der Waals surface area contributed by atoms with Crippen molar-refractivity contribution in [3.05, 3.63) is 21.2 Å². The SMILES string of the molecule is COc1nc(F)c(F)c(I)c1F. The Morgan fingerprint density at radius 3 is 2.33 bits per heavy atom. The number of hydrogen-bond acceptors (Lipinski definition) is 2. The number of hydrogen-bond donors (Lipinski definition) is 0. The summed E-state index contributed by atoms with van der Waals surface area (Å²) in [5.41, 5.74) is 0. The first-order chi connectivity index (χ1) is 5.57. The third-order valence-electron chi connectivity index (χ3n) is 1.15. The Morgan fingerprint density at radius 1 is 1.25 bits per heavy atom. The summed E-state index contributed by atoms with van der Waals surface area (Å²) in [6.45, 7) is 0. The van der Waals surface area contributed by atoms with E-state index in [4.69, 9.17) is 0 Å². The van der Waals surface area contributed by atoms with Crippen molar-refractivity contribution in [1.29, 1.82) is 0 Å². The highest BCUT2D eigenvalue weighted by atomic mass is 127. The minimum Gasteiger partial charge on any atom is -0.479 e. The lowest BCUT2D eigenvalue weighted by Crippen LogP contribution is -2.02. The molecule has 0 aliphatic carbocycles. The average molecular weight is 289 g/mol. The van der Waals surface area contributed by atoms with Gasteiger partial charge in [0.2, 0.25) is 5.82 Å². The summed E-state index contributed by atoms with van der Waals surface area (Å²) < 4.78 is 41.8. The largest absolute Gasteiger partial charge is 0.479 e. The Balaban J connectivity index is 3.39. The van der Waals surface area contributed by atoms with Gasteiger partial charge in [-0.05, 0) is 22.6 Å². The summed E-state index contributed by atoms with van der Waals surface area (Å²) in [5, 5.41) is 0. The lowest BCUT2D eigenvalue weighted by atomic mass is 10.4. The molecule has 0 radical (unpaired) electrons. The van der Waals surface area contributed by atoms with E-state index in [2.05, 4.69) is 9.72 Å². The van der Waals surface area contributed by atoms with Crippen molar-refractivity contribution in [2.24, 2.45) is 0 Å². The fourth-order valence-corrected chi connectivity index (χ4v) is 1.06. The maximum atomic E-state index is 12.8. The molecule has 6 heteroatoms. The van der Waals surface area contributed by atoms with Crippen LogP contribution in [0.3, 0.4) is 0 Å². The van der Waals surface area contributed by atoms with Crippen molar-refractivity contribution >= 4 is 22.6 Å². The molecule has 0 bridgehead atoms. The van der Waals surface area contributed by atoms with E-state index in [9.17, 15) is 13.2 Å². The molecule has 0 aromatic carbocycles. The zero-order chi connectivity index (χ0) is 9.30. The van der Waals surface area contributed by atoms with Crippen LogP contribution in [0.15, 0.2) is 0 Å². The van der Waals surface area contributed by atoms with Gasteiger partial charge in [-0.25, -0.2) is 4.39 Å². The summed E-state index contributed by atoms with van der Waals surface area (Å²) in [4.78, 5) is 2.91. The summed E-state index contributed by atoms with van der Waals surface area (Å²) in [6.07, 6.45) is 0. The standard InChI is InChI=1S/C6H3F3INO/c1-12-6-3(8)4(10)2(7)5(9)11-6/h1H3. The fourth-order valence-electron chi connectivity index (χ4n) is 0.603. The lowest BCUT2D eigenvalue weighted by Gasteiger charge is -2.02. The first-order valence-corrected chi connectivity index (χ1v) is 3.89. The molecule has 0 spiro atoms. The Labute approximate surface area is 79.9 Å². The molecule has 2 nitrogen and oxygen atoms in total. The van der Waals surface area contributed by atoms with Crippen molar-refractivity contribution in [3.8, 4) is 5.88 Å². The van der Waals surface area contributed by atoms with E-state index in [1.807, 2.05) is 0 Å². The lowest BCUT2D eigenvalue weighted by molar-refractivity contribution is 0.345. The van der Waals surface area contributed by atoms with Crippen molar-refractivity contribution in [1.82, 2.24) is 4.98 Å². The molecule has 0 unspecified atom stereocenters. The third kappa shape index (κ3) is 1.47. The van der Waals surface area contributed by atoms with Crippen molar-refractivity contribution in [3.63, 3.8) is 0 Å². The van der Waals surface area contributed by atoms with Gasteiger partial charge < -0.3 is 4.74 Å². The van der Waals surface area contributed by atoms with Gasteiger partial charge in [-0.1, -0.05) is 0 Å². The van der Waals surface area contributed by atoms with Crippen molar-refractivity contribution in [2.45, 2.75) is 0 Å². The van der Waals surface area contributed by atoms with Gasteiger partial charge in [-0.15, -0.1) is 0 Å². The highest BCUT2D eigenvalue weighted by Crippen LogP contribution is 2.23. The second-order valence-corrected chi connectivity index (χ2v) is 2.93. The number of aromatic nitrogens is 1. The predicted octanol–water partition coefficient (Wildman–Crippen LogP) is 2.11. The van der Waals surface area contributed by atoms with Gasteiger partial charge in [-0.2, -0.15) is 13.8 Å². The van der Waals surface area contributed by atoms with E-state index in [1.54, 1.807) is 0 Å². The first-order valence-electron chi connectivity index (χ1n) is 2.82. The highest BCUT2D eigenvalue weighted by Gasteiger charge is 2.18. The molecule has 66 valence electrons. The molecule has 0 amide bonds. The van der Waals surface area contributed by atoms with Crippen LogP contribution >= 0.6 is 22.6 Å². The van der Waals surface area contributed by atoms with Gasteiger partial charge in [0.25, 0.3) is 11.8 Å². The van der Waals surface area contributed by atoms with Crippen LogP contribution in [0.25, 0.3) is 0 Å². The molecule has 1 aromatic rings. The zero-order valence-corrected chi connectivity index (χ0v) is 8.02. The van der Waals surface area contributed by atoms with E-state index in [-0.39, 0.29) is 0 Å². The number of halogens is 4. The second-order valence-electron chi connectivity index (χ2n) is 1.85. The fraction of sp³-hybridized carbons (Fsp3) is 0.167. The molecular formula is C6H3F3INO. The molecule has 0 atom stereocenters. The van der Waals surface area contributed by atoms with Crippen molar-refractivity contribution in [2.75, 3.05) is 7.11 Å². The van der Waals surface area contributed by atoms with Gasteiger partial charge in [-0.3, -0.25) is 0 Å². The number of pyridine rings is 1. The predicted molar refractivity (Wildman–Crippen MR) is 43.4 cm³/mol. The highest BCUT2D eigenvalue weighted by molar-refractivity contribution is 14.1. The minimum absolute atomic E-state index is 0.461. The van der Waals surface area contributed by atoms with Crippen LogP contribution in [0.5, 0.6) is 5.88 Å². The summed E-state index contributed by atoms with van der Waals surface area (Å²) in [5.74, 6) is -4.19. The van der Waals surface area contributed by atoms with E-state index in [1.165, 1.54) is 22.6 Å². The second kappa shape index (κ2) is 3.46. The number of rotatable bonds is 1. The van der Waals surface area contributed by atoms with Gasteiger partial charge in [0.05, 0.1) is 10.7 Å². The van der Waals surface area contributed by atoms with Gasteiger partial charge in [0.1, 0.15) is 0 Å². The first kappa shape index (κ1) is 9.56. The Morgan fingerprint density at radius 2 is 1.83 bits per heavy atom. The number of methoxy groups -OCH3 is 1. The molecule has 1 rings (SSSR count). The van der Waals surface area contributed by atoms with Crippen LogP contribution in [0.2, 0.25) is 0 Å².